The second-order valence-electron chi connectivity index (χ2n) is 8.31. The molecule has 0 unspecified atom stereocenters. The van der Waals surface area contributed by atoms with Crippen LogP contribution in [-0.2, 0) is 30.7 Å². The Balaban J connectivity index is 1.33. The number of rotatable bonds is 6. The summed E-state index contributed by atoms with van der Waals surface area (Å²) in [5.74, 6) is 0.180. The van der Waals surface area contributed by atoms with E-state index in [2.05, 4.69) is 50.1 Å². The van der Waals surface area contributed by atoms with E-state index in [1.165, 1.54) is 30.5 Å². The molecule has 2 aromatic rings. The SMILES string of the molecule is C[C@H](C(=O)NC1CCCCC1)N1CCc2c(ncn2CCc2ccccc2)C1. The van der Waals surface area contributed by atoms with Crippen LogP contribution in [-0.4, -0.2) is 39.0 Å². The lowest BCUT2D eigenvalue weighted by molar-refractivity contribution is -0.127. The molecule has 2 heterocycles. The summed E-state index contributed by atoms with van der Waals surface area (Å²) in [6.45, 7) is 4.69. The molecule has 28 heavy (non-hydrogen) atoms. The van der Waals surface area contributed by atoms with Gasteiger partial charge in [-0.1, -0.05) is 49.6 Å². The molecule has 0 saturated heterocycles. The lowest BCUT2D eigenvalue weighted by atomic mass is 9.95. The van der Waals surface area contributed by atoms with E-state index in [1.54, 1.807) is 0 Å². The molecule has 0 radical (unpaired) electrons. The Morgan fingerprint density at radius 2 is 2.00 bits per heavy atom. The summed E-state index contributed by atoms with van der Waals surface area (Å²) in [5.41, 5.74) is 3.83. The first-order valence-corrected chi connectivity index (χ1v) is 10.8. The van der Waals surface area contributed by atoms with Crippen LogP contribution >= 0.6 is 0 Å². The molecule has 4 rings (SSSR count). The van der Waals surface area contributed by atoms with Gasteiger partial charge in [-0.05, 0) is 31.7 Å². The molecule has 1 amide bonds. The summed E-state index contributed by atoms with van der Waals surface area (Å²) in [5, 5.41) is 3.28. The third-order valence-corrected chi connectivity index (χ3v) is 6.38. The first-order valence-electron chi connectivity index (χ1n) is 10.8. The normalized spacial score (nSPS) is 19.2. The lowest BCUT2D eigenvalue weighted by Gasteiger charge is -2.33. The number of hydrogen-bond acceptors (Lipinski definition) is 3. The van der Waals surface area contributed by atoms with Crippen molar-refractivity contribution in [2.24, 2.45) is 0 Å². The van der Waals surface area contributed by atoms with Crippen molar-refractivity contribution in [3.63, 3.8) is 0 Å². The highest BCUT2D eigenvalue weighted by Crippen LogP contribution is 2.21. The third-order valence-electron chi connectivity index (χ3n) is 6.38. The van der Waals surface area contributed by atoms with E-state index in [0.29, 0.717) is 6.04 Å². The van der Waals surface area contributed by atoms with Crippen LogP contribution in [0.3, 0.4) is 0 Å². The molecule has 150 valence electrons. The summed E-state index contributed by atoms with van der Waals surface area (Å²) >= 11 is 0. The minimum atomic E-state index is -0.0930. The zero-order chi connectivity index (χ0) is 19.3. The highest BCUT2D eigenvalue weighted by atomic mass is 16.2. The number of benzene rings is 1. The smallest absolute Gasteiger partial charge is 0.237 e. The van der Waals surface area contributed by atoms with E-state index in [1.807, 2.05) is 13.3 Å². The topological polar surface area (TPSA) is 50.2 Å². The standard InChI is InChI=1S/C23H32N4O/c1-18(23(28)25-20-10-6-3-7-11-20)26-15-13-22-21(16-26)24-17-27(22)14-12-19-8-4-2-5-9-19/h2,4-5,8-9,17-18,20H,3,6-7,10-16H2,1H3,(H,25,28)/t18-/m1/s1. The summed E-state index contributed by atoms with van der Waals surface area (Å²) < 4.78 is 2.30. The van der Waals surface area contributed by atoms with Crippen molar-refractivity contribution >= 4 is 5.91 Å². The zero-order valence-corrected chi connectivity index (χ0v) is 16.9. The van der Waals surface area contributed by atoms with Crippen molar-refractivity contribution in [1.29, 1.82) is 0 Å². The van der Waals surface area contributed by atoms with Crippen LogP contribution in [0.25, 0.3) is 0 Å². The Morgan fingerprint density at radius 3 is 2.79 bits per heavy atom. The van der Waals surface area contributed by atoms with Crippen molar-refractivity contribution < 1.29 is 4.79 Å². The van der Waals surface area contributed by atoms with E-state index in [9.17, 15) is 4.79 Å². The van der Waals surface area contributed by atoms with Gasteiger partial charge in [0.2, 0.25) is 5.91 Å². The average molecular weight is 381 g/mol. The number of aromatic nitrogens is 2. The van der Waals surface area contributed by atoms with Crippen molar-refractivity contribution in [3.8, 4) is 0 Å². The summed E-state index contributed by atoms with van der Waals surface area (Å²) in [7, 11) is 0. The maximum Gasteiger partial charge on any atom is 0.237 e. The molecule has 5 heteroatoms. The minimum Gasteiger partial charge on any atom is -0.352 e. The summed E-state index contributed by atoms with van der Waals surface area (Å²) in [6.07, 6.45) is 10.0. The Labute approximate surface area is 168 Å². The van der Waals surface area contributed by atoms with Crippen molar-refractivity contribution in [2.45, 2.75) is 77.0 Å². The molecule has 1 atom stereocenters. The van der Waals surface area contributed by atoms with Gasteiger partial charge < -0.3 is 9.88 Å². The number of amides is 1. The average Bonchev–Trinajstić information content (AvgIpc) is 3.15. The molecule has 1 aromatic carbocycles. The minimum absolute atomic E-state index is 0.0930. The summed E-state index contributed by atoms with van der Waals surface area (Å²) in [6, 6.07) is 10.9. The van der Waals surface area contributed by atoms with Gasteiger partial charge in [-0.3, -0.25) is 9.69 Å². The number of nitrogens with one attached hydrogen (secondary N) is 1. The van der Waals surface area contributed by atoms with Gasteiger partial charge in [0.15, 0.2) is 0 Å². The number of nitrogens with zero attached hydrogens (tertiary/aromatic N) is 3. The van der Waals surface area contributed by atoms with Crippen molar-refractivity contribution in [1.82, 2.24) is 19.8 Å². The molecule has 1 N–H and O–H groups in total. The van der Waals surface area contributed by atoms with Crippen LogP contribution < -0.4 is 5.32 Å². The van der Waals surface area contributed by atoms with Crippen LogP contribution in [0, 0.1) is 0 Å². The van der Waals surface area contributed by atoms with E-state index < -0.39 is 0 Å². The summed E-state index contributed by atoms with van der Waals surface area (Å²) in [4.78, 5) is 19.6. The molecule has 5 nitrogen and oxygen atoms in total. The fourth-order valence-electron chi connectivity index (χ4n) is 4.54. The van der Waals surface area contributed by atoms with Gasteiger partial charge in [0.1, 0.15) is 0 Å². The van der Waals surface area contributed by atoms with Crippen LogP contribution in [0.15, 0.2) is 36.7 Å². The van der Waals surface area contributed by atoms with E-state index in [0.717, 1.165) is 51.0 Å². The Hall–Kier alpha value is -2.14. The second-order valence-corrected chi connectivity index (χ2v) is 8.31. The number of imidazole rings is 1. The third kappa shape index (κ3) is 4.46. The maximum absolute atomic E-state index is 12.7. The number of aryl methyl sites for hydroxylation is 2. The first-order chi connectivity index (χ1) is 13.7. The van der Waals surface area contributed by atoms with Gasteiger partial charge in [-0.25, -0.2) is 4.98 Å². The maximum atomic E-state index is 12.7. The van der Waals surface area contributed by atoms with Crippen LogP contribution in [0.5, 0.6) is 0 Å². The number of carbonyl (C=O) groups excluding carboxylic acids is 1. The highest BCUT2D eigenvalue weighted by molar-refractivity contribution is 5.81. The molecule has 2 aliphatic rings. The van der Waals surface area contributed by atoms with Gasteiger partial charge in [0, 0.05) is 37.8 Å². The molecule has 1 aliphatic carbocycles. The second kappa shape index (κ2) is 8.91. The van der Waals surface area contributed by atoms with E-state index >= 15 is 0 Å². The molecular formula is C23H32N4O. The van der Waals surface area contributed by atoms with Gasteiger partial charge in [-0.15, -0.1) is 0 Å². The molecule has 1 aromatic heterocycles. The first kappa shape index (κ1) is 19.2. The van der Waals surface area contributed by atoms with E-state index in [4.69, 9.17) is 0 Å². The van der Waals surface area contributed by atoms with Crippen molar-refractivity contribution in [2.75, 3.05) is 6.54 Å². The molecule has 1 saturated carbocycles. The Bertz CT molecular complexity index is 779. The number of fused-ring (bicyclic) bond motifs is 1. The monoisotopic (exact) mass is 380 g/mol. The molecule has 0 spiro atoms. The molecule has 0 bridgehead atoms. The van der Waals surface area contributed by atoms with Gasteiger partial charge in [0.25, 0.3) is 0 Å². The van der Waals surface area contributed by atoms with Gasteiger partial charge >= 0.3 is 0 Å². The lowest BCUT2D eigenvalue weighted by Crippen LogP contribution is -2.50. The predicted molar refractivity (Wildman–Crippen MR) is 111 cm³/mol. The molecular weight excluding hydrogens is 348 g/mol. The van der Waals surface area contributed by atoms with Gasteiger partial charge in [-0.2, -0.15) is 0 Å². The molecule has 1 fully saturated rings. The van der Waals surface area contributed by atoms with Crippen LogP contribution in [0.2, 0.25) is 0 Å². The molecule has 1 aliphatic heterocycles. The quantitative estimate of drug-likeness (QED) is 0.836. The largest absolute Gasteiger partial charge is 0.352 e. The van der Waals surface area contributed by atoms with Crippen LogP contribution in [0.1, 0.15) is 56.0 Å². The zero-order valence-electron chi connectivity index (χ0n) is 16.9. The predicted octanol–water partition coefficient (Wildman–Crippen LogP) is 3.32. The fourth-order valence-corrected chi connectivity index (χ4v) is 4.54. The Morgan fingerprint density at radius 1 is 1.21 bits per heavy atom. The highest BCUT2D eigenvalue weighted by Gasteiger charge is 2.29. The van der Waals surface area contributed by atoms with Gasteiger partial charge in [0.05, 0.1) is 18.1 Å². The Kier molecular flexibility index (Phi) is 6.10. The number of hydrogen-bond donors (Lipinski definition) is 1. The van der Waals surface area contributed by atoms with E-state index in [-0.39, 0.29) is 11.9 Å². The fraction of sp³-hybridized carbons (Fsp3) is 0.565. The number of carbonyl (C=O) groups is 1. The van der Waals surface area contributed by atoms with Crippen LogP contribution in [0.4, 0.5) is 0 Å². The van der Waals surface area contributed by atoms with Crippen molar-refractivity contribution in [3.05, 3.63) is 53.6 Å².